The van der Waals surface area contributed by atoms with E-state index >= 15 is 0 Å². The Morgan fingerprint density at radius 2 is 1.96 bits per heavy atom. The summed E-state index contributed by atoms with van der Waals surface area (Å²) in [5.74, 6) is 1.61. The summed E-state index contributed by atoms with van der Waals surface area (Å²) in [5, 5.41) is 2.78. The first-order valence-corrected chi connectivity index (χ1v) is 9.48. The number of furan rings is 1. The van der Waals surface area contributed by atoms with Crippen LogP contribution in [-0.4, -0.2) is 31.9 Å². The molecular weight excluding hydrogens is 314 g/mol. The molecule has 6 heteroatoms. The van der Waals surface area contributed by atoms with Gasteiger partial charge in [0.1, 0.15) is 11.5 Å². The van der Waals surface area contributed by atoms with Crippen LogP contribution in [0.1, 0.15) is 18.6 Å². The first-order valence-electron chi connectivity index (χ1n) is 7.66. The third kappa shape index (κ3) is 4.22. The van der Waals surface area contributed by atoms with Gasteiger partial charge >= 0.3 is 0 Å². The molecule has 0 spiro atoms. The standard InChI is InChI=1S/C17H19NO4S/c19-17(18-14-10-11-23(20,21)12-14)9-7-15-6-8-16(22-15)13-4-2-1-3-5-13/h1-6,8,14H,7,9-12H2,(H,18,19). The molecule has 1 amide bonds. The van der Waals surface area contributed by atoms with Gasteiger partial charge in [-0.05, 0) is 18.6 Å². The lowest BCUT2D eigenvalue weighted by Crippen LogP contribution is -2.35. The van der Waals surface area contributed by atoms with Crippen LogP contribution >= 0.6 is 0 Å². The van der Waals surface area contributed by atoms with Crippen molar-refractivity contribution >= 4 is 15.7 Å². The third-order valence-electron chi connectivity index (χ3n) is 3.92. The van der Waals surface area contributed by atoms with Crippen LogP contribution in [-0.2, 0) is 21.1 Å². The topological polar surface area (TPSA) is 76.4 Å². The second-order valence-electron chi connectivity index (χ2n) is 5.80. The molecule has 3 rings (SSSR count). The molecule has 1 atom stereocenters. The first-order chi connectivity index (χ1) is 11.0. The van der Waals surface area contributed by atoms with Gasteiger partial charge in [0.2, 0.25) is 5.91 Å². The Hall–Kier alpha value is -2.08. The minimum atomic E-state index is -2.97. The van der Waals surface area contributed by atoms with Crippen molar-refractivity contribution in [3.8, 4) is 11.3 Å². The Labute approximate surface area is 135 Å². The molecule has 0 aliphatic carbocycles. The highest BCUT2D eigenvalue weighted by Crippen LogP contribution is 2.22. The van der Waals surface area contributed by atoms with Crippen molar-refractivity contribution in [3.63, 3.8) is 0 Å². The van der Waals surface area contributed by atoms with Crippen molar-refractivity contribution in [1.29, 1.82) is 0 Å². The summed E-state index contributed by atoms with van der Waals surface area (Å²) in [6.45, 7) is 0. The van der Waals surface area contributed by atoms with E-state index in [9.17, 15) is 13.2 Å². The Kier molecular flexibility index (Phi) is 4.52. The summed E-state index contributed by atoms with van der Waals surface area (Å²) >= 11 is 0. The number of amides is 1. The van der Waals surface area contributed by atoms with Crippen LogP contribution in [0.2, 0.25) is 0 Å². The minimum Gasteiger partial charge on any atom is -0.461 e. The van der Waals surface area contributed by atoms with Gasteiger partial charge < -0.3 is 9.73 Å². The fraction of sp³-hybridized carbons (Fsp3) is 0.353. The molecule has 122 valence electrons. The van der Waals surface area contributed by atoms with E-state index in [1.807, 2.05) is 42.5 Å². The quantitative estimate of drug-likeness (QED) is 0.910. The molecule has 1 N–H and O–H groups in total. The van der Waals surface area contributed by atoms with Crippen molar-refractivity contribution in [2.75, 3.05) is 11.5 Å². The van der Waals surface area contributed by atoms with Crippen LogP contribution in [0.4, 0.5) is 0 Å². The largest absolute Gasteiger partial charge is 0.461 e. The number of nitrogens with one attached hydrogen (secondary N) is 1. The van der Waals surface area contributed by atoms with Gasteiger partial charge in [0.15, 0.2) is 9.84 Å². The van der Waals surface area contributed by atoms with E-state index in [0.29, 0.717) is 12.8 Å². The van der Waals surface area contributed by atoms with Crippen LogP contribution in [0.15, 0.2) is 46.9 Å². The second kappa shape index (κ2) is 6.58. The maximum Gasteiger partial charge on any atom is 0.220 e. The van der Waals surface area contributed by atoms with E-state index in [0.717, 1.165) is 17.1 Å². The predicted molar refractivity (Wildman–Crippen MR) is 87.7 cm³/mol. The molecule has 1 fully saturated rings. The van der Waals surface area contributed by atoms with E-state index in [1.165, 1.54) is 0 Å². The molecule has 5 nitrogen and oxygen atoms in total. The van der Waals surface area contributed by atoms with Gasteiger partial charge in [-0.2, -0.15) is 0 Å². The van der Waals surface area contributed by atoms with Gasteiger partial charge in [-0.1, -0.05) is 30.3 Å². The molecule has 1 saturated heterocycles. The number of hydrogen-bond acceptors (Lipinski definition) is 4. The Morgan fingerprint density at radius 1 is 1.17 bits per heavy atom. The van der Waals surface area contributed by atoms with Crippen LogP contribution in [0.25, 0.3) is 11.3 Å². The highest BCUT2D eigenvalue weighted by molar-refractivity contribution is 7.91. The zero-order valence-corrected chi connectivity index (χ0v) is 13.5. The number of rotatable bonds is 5. The monoisotopic (exact) mass is 333 g/mol. The number of hydrogen-bond donors (Lipinski definition) is 1. The molecule has 0 radical (unpaired) electrons. The first kappa shape index (κ1) is 15.8. The summed E-state index contributed by atoms with van der Waals surface area (Å²) in [4.78, 5) is 11.9. The van der Waals surface area contributed by atoms with Crippen molar-refractivity contribution in [2.45, 2.75) is 25.3 Å². The Balaban J connectivity index is 1.51. The number of benzene rings is 1. The van der Waals surface area contributed by atoms with E-state index in [4.69, 9.17) is 4.42 Å². The molecule has 1 aliphatic rings. The Bertz CT molecular complexity index is 780. The second-order valence-corrected chi connectivity index (χ2v) is 8.03. The Morgan fingerprint density at radius 3 is 2.65 bits per heavy atom. The average Bonchev–Trinajstić information content (AvgIpc) is 3.13. The lowest BCUT2D eigenvalue weighted by Gasteiger charge is -2.10. The highest BCUT2D eigenvalue weighted by Gasteiger charge is 2.28. The molecule has 2 heterocycles. The highest BCUT2D eigenvalue weighted by atomic mass is 32.2. The fourth-order valence-electron chi connectivity index (χ4n) is 2.72. The maximum absolute atomic E-state index is 11.9. The number of sulfone groups is 1. The van der Waals surface area contributed by atoms with Gasteiger partial charge in [-0.15, -0.1) is 0 Å². The smallest absolute Gasteiger partial charge is 0.220 e. The summed E-state index contributed by atoms with van der Waals surface area (Å²) in [6.07, 6.45) is 1.30. The number of carbonyl (C=O) groups excluding carboxylic acids is 1. The predicted octanol–water partition coefficient (Wildman–Crippen LogP) is 2.18. The van der Waals surface area contributed by atoms with Crippen molar-refractivity contribution in [2.24, 2.45) is 0 Å². The zero-order chi connectivity index (χ0) is 16.3. The van der Waals surface area contributed by atoms with Gasteiger partial charge in [-0.25, -0.2) is 8.42 Å². The molecule has 23 heavy (non-hydrogen) atoms. The molecule has 1 unspecified atom stereocenters. The van der Waals surface area contributed by atoms with Gasteiger partial charge in [0, 0.05) is 24.4 Å². The van der Waals surface area contributed by atoms with Crippen LogP contribution < -0.4 is 5.32 Å². The van der Waals surface area contributed by atoms with E-state index in [1.54, 1.807) is 0 Å². The van der Waals surface area contributed by atoms with Crippen LogP contribution in [0.3, 0.4) is 0 Å². The molecule has 1 aliphatic heterocycles. The molecule has 0 saturated carbocycles. The average molecular weight is 333 g/mol. The summed E-state index contributed by atoms with van der Waals surface area (Å²) in [7, 11) is -2.97. The van der Waals surface area contributed by atoms with Gasteiger partial charge in [0.05, 0.1) is 11.5 Å². The van der Waals surface area contributed by atoms with E-state index in [-0.39, 0.29) is 29.9 Å². The lowest BCUT2D eigenvalue weighted by molar-refractivity contribution is -0.121. The summed E-state index contributed by atoms with van der Waals surface area (Å²) in [6, 6.07) is 13.3. The number of carbonyl (C=O) groups is 1. The molecule has 1 aromatic carbocycles. The van der Waals surface area contributed by atoms with Crippen molar-refractivity contribution in [1.82, 2.24) is 5.32 Å². The van der Waals surface area contributed by atoms with Gasteiger partial charge in [-0.3, -0.25) is 4.79 Å². The lowest BCUT2D eigenvalue weighted by atomic mass is 10.2. The van der Waals surface area contributed by atoms with E-state index < -0.39 is 9.84 Å². The molecule has 1 aromatic heterocycles. The fourth-order valence-corrected chi connectivity index (χ4v) is 4.39. The zero-order valence-electron chi connectivity index (χ0n) is 12.7. The number of aryl methyl sites for hydroxylation is 1. The molecular formula is C17H19NO4S. The SMILES string of the molecule is O=C(CCc1ccc(-c2ccccc2)o1)NC1CCS(=O)(=O)C1. The summed E-state index contributed by atoms with van der Waals surface area (Å²) < 4.78 is 28.5. The van der Waals surface area contributed by atoms with Crippen molar-refractivity contribution < 1.29 is 17.6 Å². The maximum atomic E-state index is 11.9. The van der Waals surface area contributed by atoms with Crippen LogP contribution in [0, 0.1) is 0 Å². The minimum absolute atomic E-state index is 0.0532. The summed E-state index contributed by atoms with van der Waals surface area (Å²) in [5.41, 5.74) is 0.999. The third-order valence-corrected chi connectivity index (χ3v) is 5.68. The van der Waals surface area contributed by atoms with Crippen molar-refractivity contribution in [3.05, 3.63) is 48.2 Å². The van der Waals surface area contributed by atoms with Crippen LogP contribution in [0.5, 0.6) is 0 Å². The molecule has 2 aromatic rings. The molecule has 0 bridgehead atoms. The normalized spacial score (nSPS) is 19.6. The van der Waals surface area contributed by atoms with E-state index in [2.05, 4.69) is 5.32 Å². The van der Waals surface area contributed by atoms with Gasteiger partial charge in [0.25, 0.3) is 0 Å².